The van der Waals surface area contributed by atoms with Gasteiger partial charge in [-0.25, -0.2) is 15.0 Å². The number of nitrogens with two attached hydrogens (primary N) is 1. The predicted octanol–water partition coefficient (Wildman–Crippen LogP) is 4.03. The van der Waals surface area contributed by atoms with Crippen molar-refractivity contribution in [1.29, 1.82) is 0 Å². The highest BCUT2D eigenvalue weighted by Crippen LogP contribution is 2.30. The van der Waals surface area contributed by atoms with Gasteiger partial charge in [-0.3, -0.25) is 10.1 Å². The van der Waals surface area contributed by atoms with Crippen LogP contribution >= 0.6 is 0 Å². The van der Waals surface area contributed by atoms with E-state index in [2.05, 4.69) is 37.2 Å². The van der Waals surface area contributed by atoms with Crippen LogP contribution in [0.4, 0.5) is 23.0 Å². The van der Waals surface area contributed by atoms with Crippen molar-refractivity contribution in [1.82, 2.24) is 9.97 Å². The summed E-state index contributed by atoms with van der Waals surface area (Å²) in [7, 11) is 0. The van der Waals surface area contributed by atoms with Gasteiger partial charge in [0, 0.05) is 18.0 Å². The average Bonchev–Trinajstić information content (AvgIpc) is 2.81. The molecule has 9 nitrogen and oxygen atoms in total. The number of aliphatic imine (C=N–C) groups is 1. The Labute approximate surface area is 190 Å². The molecule has 0 radical (unpaired) electrons. The number of rotatable bonds is 7. The molecule has 0 spiro atoms. The molecule has 0 atom stereocenters. The SMILES string of the molecule is C=CC(=O)Nc1ccc2nc[nH+]c(Nc3ccc(Oc4ccnc(N=CN)c4)c(C)c3)c2c1. The van der Waals surface area contributed by atoms with Crippen LogP contribution in [0.15, 0.2) is 78.7 Å². The fourth-order valence-electron chi connectivity index (χ4n) is 3.19. The molecule has 4 aromatic rings. The smallest absolute Gasteiger partial charge is 0.247 e. The molecule has 2 aromatic heterocycles. The maximum atomic E-state index is 11.6. The number of nitrogens with zero attached hydrogens (tertiary/aromatic N) is 3. The molecule has 0 bridgehead atoms. The van der Waals surface area contributed by atoms with Crippen molar-refractivity contribution >= 4 is 46.2 Å². The van der Waals surface area contributed by atoms with Gasteiger partial charge >= 0.3 is 0 Å². The zero-order chi connectivity index (χ0) is 23.2. The minimum Gasteiger partial charge on any atom is -0.457 e. The molecule has 2 heterocycles. The van der Waals surface area contributed by atoms with Crippen molar-refractivity contribution in [3.8, 4) is 11.5 Å². The van der Waals surface area contributed by atoms with Gasteiger partial charge in [0.25, 0.3) is 0 Å². The van der Waals surface area contributed by atoms with Crippen molar-refractivity contribution in [3.63, 3.8) is 0 Å². The Hall–Kier alpha value is -4.79. The number of benzene rings is 2. The summed E-state index contributed by atoms with van der Waals surface area (Å²) in [6.07, 6.45) is 5.64. The average molecular weight is 440 g/mol. The summed E-state index contributed by atoms with van der Waals surface area (Å²) in [6.45, 7) is 5.44. The third kappa shape index (κ3) is 5.10. The van der Waals surface area contributed by atoms with Gasteiger partial charge in [0.15, 0.2) is 11.3 Å². The van der Waals surface area contributed by atoms with Crippen LogP contribution in [0.25, 0.3) is 10.9 Å². The lowest BCUT2D eigenvalue weighted by molar-refractivity contribution is -0.363. The first-order valence-electron chi connectivity index (χ1n) is 10.1. The standard InChI is InChI=1S/C24H21N7O2/c1-3-23(32)30-17-4-6-20-19(11-17)24(29-14-28-20)31-16-5-7-21(15(2)10-16)33-18-8-9-26-22(12-18)27-13-25/h3-14H,1H2,2H3,(H,30,32)(H2,25,26,27)(H,28,29,31)/p+1. The largest absolute Gasteiger partial charge is 0.457 e. The van der Waals surface area contributed by atoms with Crippen molar-refractivity contribution < 1.29 is 14.5 Å². The van der Waals surface area contributed by atoms with Crippen LogP contribution in [0.3, 0.4) is 0 Å². The van der Waals surface area contributed by atoms with Crippen LogP contribution in [0.1, 0.15) is 5.56 Å². The lowest BCUT2D eigenvalue weighted by atomic mass is 10.1. The molecule has 0 aliphatic carbocycles. The number of aryl methyl sites for hydroxylation is 1. The molecule has 0 aliphatic rings. The van der Waals surface area contributed by atoms with E-state index in [0.29, 0.717) is 23.0 Å². The third-order valence-corrected chi connectivity index (χ3v) is 4.73. The molecule has 0 fully saturated rings. The quantitative estimate of drug-likeness (QED) is 0.226. The summed E-state index contributed by atoms with van der Waals surface area (Å²) >= 11 is 0. The Bertz CT molecular complexity index is 1370. The Morgan fingerprint density at radius 3 is 2.79 bits per heavy atom. The highest BCUT2D eigenvalue weighted by Gasteiger charge is 2.13. The van der Waals surface area contributed by atoms with E-state index in [4.69, 9.17) is 10.5 Å². The van der Waals surface area contributed by atoms with Crippen LogP contribution in [-0.4, -0.2) is 22.2 Å². The number of pyridine rings is 1. The molecule has 164 valence electrons. The highest BCUT2D eigenvalue weighted by atomic mass is 16.5. The first-order valence-corrected chi connectivity index (χ1v) is 10.1. The van der Waals surface area contributed by atoms with Crippen LogP contribution in [-0.2, 0) is 4.79 Å². The van der Waals surface area contributed by atoms with E-state index in [1.165, 1.54) is 12.4 Å². The summed E-state index contributed by atoms with van der Waals surface area (Å²) in [6, 6.07) is 14.7. The maximum Gasteiger partial charge on any atom is 0.247 e. The molecule has 33 heavy (non-hydrogen) atoms. The number of carbonyl (C=O) groups is 1. The van der Waals surface area contributed by atoms with Crippen LogP contribution in [0.5, 0.6) is 11.5 Å². The summed E-state index contributed by atoms with van der Waals surface area (Å²) in [5, 5.41) is 6.96. The number of H-pyrrole nitrogens is 1. The minimum atomic E-state index is -0.279. The summed E-state index contributed by atoms with van der Waals surface area (Å²) in [5.41, 5.74) is 8.53. The van der Waals surface area contributed by atoms with Crippen molar-refractivity contribution in [2.75, 3.05) is 10.6 Å². The molecular weight excluding hydrogens is 418 g/mol. The van der Waals surface area contributed by atoms with Crippen molar-refractivity contribution in [2.45, 2.75) is 6.92 Å². The maximum absolute atomic E-state index is 11.6. The predicted molar refractivity (Wildman–Crippen MR) is 128 cm³/mol. The summed E-state index contributed by atoms with van der Waals surface area (Å²) in [5.74, 6) is 2.24. The molecule has 5 N–H and O–H groups in total. The molecule has 4 rings (SSSR count). The monoisotopic (exact) mass is 440 g/mol. The fraction of sp³-hybridized carbons (Fsp3) is 0.0417. The molecule has 2 aromatic carbocycles. The Balaban J connectivity index is 1.57. The second-order valence-corrected chi connectivity index (χ2v) is 7.04. The van der Waals surface area contributed by atoms with E-state index in [0.717, 1.165) is 28.0 Å². The Morgan fingerprint density at radius 1 is 1.15 bits per heavy atom. The second kappa shape index (κ2) is 9.56. The van der Waals surface area contributed by atoms with Crippen LogP contribution in [0.2, 0.25) is 0 Å². The minimum absolute atomic E-state index is 0.279. The lowest BCUT2D eigenvalue weighted by Crippen LogP contribution is -2.12. The van der Waals surface area contributed by atoms with Crippen LogP contribution in [0, 0.1) is 6.92 Å². The molecule has 0 unspecified atom stereocenters. The van der Waals surface area contributed by atoms with Gasteiger partial charge in [-0.15, -0.1) is 4.98 Å². The number of aromatic amines is 1. The van der Waals surface area contributed by atoms with E-state index in [1.54, 1.807) is 30.7 Å². The number of fused-ring (bicyclic) bond motifs is 1. The number of amides is 1. The highest BCUT2D eigenvalue weighted by molar-refractivity contribution is 6.01. The van der Waals surface area contributed by atoms with Crippen molar-refractivity contribution in [3.05, 3.63) is 79.3 Å². The zero-order valence-electron chi connectivity index (χ0n) is 17.9. The van der Waals surface area contributed by atoms with E-state index in [9.17, 15) is 4.79 Å². The van der Waals surface area contributed by atoms with Gasteiger partial charge in [0.05, 0.1) is 17.4 Å². The van der Waals surface area contributed by atoms with Gasteiger partial charge in [-0.1, -0.05) is 6.58 Å². The topological polar surface area (TPSA) is 129 Å². The zero-order valence-corrected chi connectivity index (χ0v) is 17.9. The van der Waals surface area contributed by atoms with Crippen molar-refractivity contribution in [2.24, 2.45) is 10.7 Å². The van der Waals surface area contributed by atoms with Crippen LogP contribution < -0.4 is 26.1 Å². The number of ether oxygens (including phenoxy) is 1. The molecule has 0 aliphatic heterocycles. The number of anilines is 3. The molecular formula is C24H22N7O2+. The molecule has 1 amide bonds. The normalized spacial score (nSPS) is 10.8. The summed E-state index contributed by atoms with van der Waals surface area (Å²) in [4.78, 5) is 27.2. The fourth-order valence-corrected chi connectivity index (χ4v) is 3.19. The molecule has 0 saturated carbocycles. The van der Waals surface area contributed by atoms with Gasteiger partial charge in [-0.05, 0) is 61.0 Å². The van der Waals surface area contributed by atoms with E-state index in [-0.39, 0.29) is 5.91 Å². The molecule has 0 saturated heterocycles. The third-order valence-electron chi connectivity index (χ3n) is 4.73. The summed E-state index contributed by atoms with van der Waals surface area (Å²) < 4.78 is 5.99. The number of carbonyl (C=O) groups excluding carboxylic acids is 1. The Kier molecular flexibility index (Phi) is 6.21. The van der Waals surface area contributed by atoms with Gasteiger partial charge < -0.3 is 15.8 Å². The van der Waals surface area contributed by atoms with E-state index >= 15 is 0 Å². The number of aromatic nitrogens is 3. The first-order chi connectivity index (χ1) is 16.1. The van der Waals surface area contributed by atoms with E-state index < -0.39 is 0 Å². The number of nitrogens with one attached hydrogen (secondary N) is 3. The lowest BCUT2D eigenvalue weighted by Gasteiger charge is -2.11. The first kappa shape index (κ1) is 21.4. The number of hydrogen-bond acceptors (Lipinski definition) is 6. The van der Waals surface area contributed by atoms with Gasteiger partial charge in [0.1, 0.15) is 11.5 Å². The Morgan fingerprint density at radius 2 is 2.00 bits per heavy atom. The number of hydrogen-bond donors (Lipinski definition) is 3. The van der Waals surface area contributed by atoms with E-state index in [1.807, 2.05) is 37.3 Å². The van der Waals surface area contributed by atoms with Gasteiger partial charge in [-0.2, -0.15) is 0 Å². The second-order valence-electron chi connectivity index (χ2n) is 7.04. The van der Waals surface area contributed by atoms with Gasteiger partial charge in [0.2, 0.25) is 18.1 Å². The molecule has 9 heteroatoms.